The van der Waals surface area contributed by atoms with E-state index in [1.165, 1.54) is 0 Å². The number of aliphatic imine (C=N–C) groups is 2. The van der Waals surface area contributed by atoms with Gasteiger partial charge in [0.25, 0.3) is 0 Å². The van der Waals surface area contributed by atoms with Crippen molar-refractivity contribution in [1.82, 2.24) is 41.6 Å². The third-order valence-electron chi connectivity index (χ3n) is 3.10. The second kappa shape index (κ2) is 18.0. The van der Waals surface area contributed by atoms with E-state index >= 15 is 0 Å². The van der Waals surface area contributed by atoms with E-state index in [1.807, 2.05) is 10.9 Å². The molecule has 0 aliphatic rings. The minimum atomic E-state index is -4.67. The Morgan fingerprint density at radius 3 is 1.24 bits per heavy atom. The van der Waals surface area contributed by atoms with Crippen LogP contribution in [0.4, 0.5) is 32.9 Å². The summed E-state index contributed by atoms with van der Waals surface area (Å²) < 4.78 is 31.6. The number of nitrogen functional groups attached to an aromatic ring is 4. The fourth-order valence-electron chi connectivity index (χ4n) is 1.71. The Kier molecular flexibility index (Phi) is 16.6. The molecule has 0 aliphatic heterocycles. The molecule has 0 spiro atoms. The highest BCUT2D eigenvalue weighted by molar-refractivity contribution is 7.79. The van der Waals surface area contributed by atoms with E-state index < -0.39 is 34.3 Å². The predicted octanol–water partition coefficient (Wildman–Crippen LogP) is -4.21. The number of nitrogens with zero attached hydrogens (tertiary/aromatic N) is 6. The number of nitrogens with two attached hydrogens (primary N) is 6. The van der Waals surface area contributed by atoms with Crippen LogP contribution in [0.1, 0.15) is 21.0 Å². The van der Waals surface area contributed by atoms with Gasteiger partial charge in [-0.2, -0.15) is 18.4 Å². The lowest BCUT2D eigenvalue weighted by Gasteiger charge is -2.02. The van der Waals surface area contributed by atoms with E-state index in [-0.39, 0.29) is 50.4 Å². The second-order valence-corrected chi connectivity index (χ2v) is 7.72. The van der Waals surface area contributed by atoms with Crippen LogP contribution in [0.15, 0.2) is 9.98 Å². The molecule has 2 heterocycles. The molecule has 2 aromatic heterocycles. The number of hydrogen-bond donors (Lipinski definition) is 12. The van der Waals surface area contributed by atoms with Crippen LogP contribution >= 0.6 is 23.2 Å². The van der Waals surface area contributed by atoms with Gasteiger partial charge in [0.2, 0.25) is 0 Å². The molecule has 0 saturated carbocycles. The first-order valence-electron chi connectivity index (χ1n) is 9.45. The van der Waals surface area contributed by atoms with Crippen LogP contribution in [0.5, 0.6) is 0 Å². The Morgan fingerprint density at radius 2 is 0.976 bits per heavy atom. The van der Waals surface area contributed by atoms with E-state index in [0.717, 1.165) is 12.7 Å². The van der Waals surface area contributed by atoms with Crippen molar-refractivity contribution in [3.05, 3.63) is 21.7 Å². The third-order valence-corrected chi connectivity index (χ3v) is 3.65. The summed E-state index contributed by atoms with van der Waals surface area (Å²) in [4.78, 5) is 64.8. The first-order chi connectivity index (χ1) is 18.8. The molecule has 28 heteroatoms. The van der Waals surface area contributed by atoms with Gasteiger partial charge in [-0.15, -0.1) is 0 Å². The number of hydrazine groups is 2. The summed E-state index contributed by atoms with van der Waals surface area (Å²) in [6, 6.07) is -1.69. The van der Waals surface area contributed by atoms with Gasteiger partial charge in [0, 0.05) is 0 Å². The van der Waals surface area contributed by atoms with Gasteiger partial charge in [-0.25, -0.2) is 29.5 Å². The highest BCUT2D eigenvalue weighted by Gasteiger charge is 2.15. The predicted molar refractivity (Wildman–Crippen MR) is 147 cm³/mol. The molecule has 6 amide bonds. The van der Waals surface area contributed by atoms with Crippen LogP contribution in [0.25, 0.3) is 0 Å². The topological polar surface area (TPSA) is 455 Å². The highest BCUT2D eigenvalue weighted by atomic mass is 35.5. The summed E-state index contributed by atoms with van der Waals surface area (Å²) in [5, 5.41) is -0.322. The molecule has 20 N–H and O–H groups in total. The van der Waals surface area contributed by atoms with Crippen LogP contribution in [0.2, 0.25) is 10.3 Å². The number of halogens is 2. The summed E-state index contributed by atoms with van der Waals surface area (Å²) >= 11 is 11.2. The number of amides is 6. The summed E-state index contributed by atoms with van der Waals surface area (Å²) in [6.45, 7) is 0. The maximum atomic E-state index is 11.5. The molecule has 0 radical (unpaired) electrons. The lowest BCUT2D eigenvalue weighted by atomic mass is 10.4. The third kappa shape index (κ3) is 16.5. The van der Waals surface area contributed by atoms with E-state index in [1.54, 1.807) is 0 Å². The zero-order chi connectivity index (χ0) is 31.9. The minimum Gasteiger partial charge on any atom is -0.412 e. The van der Waals surface area contributed by atoms with Crippen LogP contribution in [0, 0.1) is 0 Å². The Morgan fingerprint density at radius 1 is 0.690 bits per heavy atom. The lowest BCUT2D eigenvalue weighted by Crippen LogP contribution is -2.40. The molecule has 2 rings (SSSR count). The monoisotopic (exact) mass is 660 g/mol. The van der Waals surface area contributed by atoms with Crippen molar-refractivity contribution in [2.45, 2.75) is 0 Å². The number of carbonyl (C=O) groups excluding carboxylic acids is 4. The Hall–Kier alpha value is -5.41. The molecule has 0 bridgehead atoms. The SMILES string of the molecule is NC(=O)NNC=NC(=O)c1nc(Cl)c(N)nc1N.NC(=O)NNC=NC(=O)c1nc(Cl)c(N)nc1N.O.O=S(=O)(O)O. The normalized spacial score (nSPS) is 10.2. The lowest BCUT2D eigenvalue weighted by molar-refractivity contribution is 0.0990. The van der Waals surface area contributed by atoms with E-state index in [0.29, 0.717) is 0 Å². The maximum Gasteiger partial charge on any atom is 0.394 e. The highest BCUT2D eigenvalue weighted by Crippen LogP contribution is 2.18. The molecule has 0 unspecified atom stereocenters. The Bertz CT molecular complexity index is 1360. The first kappa shape index (κ1) is 38.7. The minimum absolute atomic E-state index is 0. The largest absolute Gasteiger partial charge is 0.412 e. The number of carbonyl (C=O) groups is 4. The molecule has 0 saturated heterocycles. The van der Waals surface area contributed by atoms with Crippen LogP contribution in [0.3, 0.4) is 0 Å². The first-order valence-corrected chi connectivity index (χ1v) is 11.6. The van der Waals surface area contributed by atoms with Crippen molar-refractivity contribution in [3.8, 4) is 0 Å². The maximum absolute atomic E-state index is 11.5. The van der Waals surface area contributed by atoms with Gasteiger partial charge >= 0.3 is 34.3 Å². The van der Waals surface area contributed by atoms with Gasteiger partial charge in [-0.05, 0) is 0 Å². The zero-order valence-electron chi connectivity index (χ0n) is 20.3. The van der Waals surface area contributed by atoms with E-state index in [2.05, 4.69) is 40.8 Å². The molecular formula is C14H22Cl2N16O9S. The number of primary amides is 2. The summed E-state index contributed by atoms with van der Waals surface area (Å²) in [6.07, 6.45) is 1.77. The molecular weight excluding hydrogens is 639 g/mol. The summed E-state index contributed by atoms with van der Waals surface area (Å²) in [5.74, 6) is -2.24. The van der Waals surface area contributed by atoms with Gasteiger partial charge in [0.05, 0.1) is 0 Å². The molecule has 232 valence electrons. The van der Waals surface area contributed by atoms with Crippen molar-refractivity contribution < 1.29 is 42.2 Å². The Labute approximate surface area is 243 Å². The molecule has 0 aliphatic carbocycles. The van der Waals surface area contributed by atoms with Crippen molar-refractivity contribution in [2.24, 2.45) is 21.5 Å². The average molecular weight is 661 g/mol. The number of nitrogens with one attached hydrogen (secondary N) is 4. The fourth-order valence-corrected chi connectivity index (χ4v) is 1.96. The number of rotatable bonds is 6. The van der Waals surface area contributed by atoms with Crippen molar-refractivity contribution in [1.29, 1.82) is 0 Å². The average Bonchev–Trinajstić information content (AvgIpc) is 2.83. The number of urea groups is 2. The van der Waals surface area contributed by atoms with Crippen molar-refractivity contribution in [3.63, 3.8) is 0 Å². The van der Waals surface area contributed by atoms with Crippen molar-refractivity contribution >= 4 is 93.4 Å². The van der Waals surface area contributed by atoms with Gasteiger partial charge in [0.15, 0.2) is 45.0 Å². The fraction of sp³-hybridized carbons (Fsp3) is 0. The van der Waals surface area contributed by atoms with Crippen LogP contribution < -0.4 is 56.1 Å². The molecule has 25 nitrogen and oxygen atoms in total. The summed E-state index contributed by atoms with van der Waals surface area (Å²) in [5.41, 5.74) is 38.7. The smallest absolute Gasteiger partial charge is 0.394 e. The van der Waals surface area contributed by atoms with Crippen molar-refractivity contribution in [2.75, 3.05) is 22.9 Å². The number of aromatic nitrogens is 4. The quantitative estimate of drug-likeness (QED) is 0.0604. The molecule has 2 aromatic rings. The second-order valence-electron chi connectivity index (χ2n) is 6.11. The van der Waals surface area contributed by atoms with Gasteiger partial charge in [-0.1, -0.05) is 23.2 Å². The molecule has 0 atom stereocenters. The van der Waals surface area contributed by atoms with Gasteiger partial charge < -0.3 is 39.9 Å². The molecule has 0 aromatic carbocycles. The van der Waals surface area contributed by atoms with Crippen LogP contribution in [-0.2, 0) is 10.4 Å². The number of hydrogen-bond acceptors (Lipinski definition) is 14. The molecule has 42 heavy (non-hydrogen) atoms. The molecule has 0 fully saturated rings. The summed E-state index contributed by atoms with van der Waals surface area (Å²) in [7, 11) is -4.67. The van der Waals surface area contributed by atoms with E-state index in [4.69, 9.17) is 75.1 Å². The Balaban J connectivity index is 0. The van der Waals surface area contributed by atoms with Gasteiger partial charge in [0.1, 0.15) is 12.7 Å². The zero-order valence-corrected chi connectivity index (χ0v) is 22.6. The number of anilines is 4. The van der Waals surface area contributed by atoms with Gasteiger partial charge in [-0.3, -0.25) is 40.4 Å². The standard InChI is InChI=1S/2C7H9ClN8O2.H2O4S.H2O/c2*8-3-5(10)15-4(9)2(14-3)6(17)12-1-13-16-7(11)18;1-5(2,3)4;/h2*1H,(H4,9,10,15)(H3,11,16,18)(H,12,13,17);(H2,1,2,3,4);1H2. The van der Waals surface area contributed by atoms with E-state index in [9.17, 15) is 19.2 Å². The van der Waals surface area contributed by atoms with Crippen LogP contribution in [-0.4, -0.2) is 79.5 Å².